The quantitative estimate of drug-likeness (QED) is 0.213. The third-order valence-corrected chi connectivity index (χ3v) is 5.58. The number of nitrogens with two attached hydrogens (primary N) is 2. The summed E-state index contributed by atoms with van der Waals surface area (Å²) in [5.41, 5.74) is 6.14. The van der Waals surface area contributed by atoms with Gasteiger partial charge in [-0.25, -0.2) is 11.0 Å². The minimum atomic E-state index is -4.45. The number of anilines is 2. The van der Waals surface area contributed by atoms with E-state index in [1.165, 1.54) is 19.2 Å². The van der Waals surface area contributed by atoms with Crippen molar-refractivity contribution in [3.05, 3.63) is 53.6 Å². The largest absolute Gasteiger partial charge is 0.494 e. The summed E-state index contributed by atoms with van der Waals surface area (Å²) in [5, 5.41) is 8.07. The van der Waals surface area contributed by atoms with E-state index in [4.69, 9.17) is 20.9 Å². The number of hydrazone groups is 1. The molecule has 0 spiro atoms. The third-order valence-electron chi connectivity index (χ3n) is 5.58. The van der Waals surface area contributed by atoms with Crippen LogP contribution < -0.4 is 22.4 Å². The first-order chi connectivity index (χ1) is 14.7. The maximum Gasteiger partial charge on any atom is 0.494 e. The summed E-state index contributed by atoms with van der Waals surface area (Å²) in [6.07, 6.45) is -4.45. The van der Waals surface area contributed by atoms with Crippen LogP contribution in [0, 0.1) is 0 Å². The highest BCUT2D eigenvalue weighted by molar-refractivity contribution is 6.62. The van der Waals surface area contributed by atoms with Gasteiger partial charge in [0.15, 0.2) is 5.84 Å². The Morgan fingerprint density at radius 3 is 2.25 bits per heavy atom. The van der Waals surface area contributed by atoms with Crippen molar-refractivity contribution >= 4 is 29.8 Å². The fourth-order valence-electron chi connectivity index (χ4n) is 3.16. The second kappa shape index (κ2) is 8.30. The van der Waals surface area contributed by atoms with E-state index < -0.39 is 30.1 Å². The summed E-state index contributed by atoms with van der Waals surface area (Å²) in [6, 6.07) is 10.1. The van der Waals surface area contributed by atoms with Gasteiger partial charge in [0.25, 0.3) is 0 Å². The number of rotatable bonds is 5. The van der Waals surface area contributed by atoms with Crippen molar-refractivity contribution in [2.75, 3.05) is 12.4 Å². The van der Waals surface area contributed by atoms with E-state index in [2.05, 4.69) is 10.4 Å². The topological polar surface area (TPSA) is 98.1 Å². The minimum Gasteiger partial charge on any atom is -0.399 e. The molecule has 0 amide bonds. The lowest BCUT2D eigenvalue weighted by Crippen LogP contribution is -2.41. The van der Waals surface area contributed by atoms with Gasteiger partial charge in [-0.05, 0) is 63.5 Å². The average Bonchev–Trinajstić information content (AvgIpc) is 2.88. The van der Waals surface area contributed by atoms with E-state index in [0.717, 1.165) is 17.3 Å². The molecule has 0 unspecified atom stereocenters. The summed E-state index contributed by atoms with van der Waals surface area (Å²) in [5.74, 6) is 5.68. The molecule has 0 atom stereocenters. The predicted molar refractivity (Wildman–Crippen MR) is 120 cm³/mol. The Bertz CT molecular complexity index is 1010. The van der Waals surface area contributed by atoms with E-state index in [1.807, 2.05) is 27.7 Å². The highest BCUT2D eigenvalue weighted by atomic mass is 19.4. The number of halogens is 3. The van der Waals surface area contributed by atoms with Gasteiger partial charge in [0.1, 0.15) is 0 Å². The molecule has 0 aliphatic carbocycles. The van der Waals surface area contributed by atoms with Crippen LogP contribution in [-0.2, 0) is 15.5 Å². The van der Waals surface area contributed by atoms with Crippen molar-refractivity contribution < 1.29 is 22.5 Å². The first-order valence-corrected chi connectivity index (χ1v) is 9.96. The first kappa shape index (κ1) is 23.9. The Balaban J connectivity index is 2.00. The van der Waals surface area contributed by atoms with E-state index in [1.54, 1.807) is 18.2 Å². The lowest BCUT2D eigenvalue weighted by molar-refractivity contribution is -0.137. The third kappa shape index (κ3) is 5.00. The summed E-state index contributed by atoms with van der Waals surface area (Å²) >= 11 is 0. The van der Waals surface area contributed by atoms with E-state index >= 15 is 0 Å². The molecule has 1 saturated heterocycles. The second-order valence-electron chi connectivity index (χ2n) is 8.66. The molecule has 3 rings (SSSR count). The maximum atomic E-state index is 13.1. The molecule has 1 aliphatic heterocycles. The molecule has 0 aromatic heterocycles. The van der Waals surface area contributed by atoms with Gasteiger partial charge in [0.2, 0.25) is 0 Å². The number of nitrogens with zero attached hydrogens (tertiary/aromatic N) is 2. The molecule has 5 N–H and O–H groups in total. The molecule has 1 aliphatic rings. The zero-order chi connectivity index (χ0) is 23.9. The van der Waals surface area contributed by atoms with Gasteiger partial charge in [0.05, 0.1) is 16.8 Å². The normalized spacial score (nSPS) is 18.0. The standard InChI is InChI=1S/C21H27BF3N5O2/c1-19(2)20(3,4)32-22(31-19)14-9-10-17(16(12-14)18(26)29-30(5)27)28-15-8-6-7-13(11-15)21(23,24)25/h6-12,28H,27H2,1-5H3,(H2,26,29). The Hall–Kier alpha value is -2.76. The molecule has 7 nitrogen and oxygen atoms in total. The van der Waals surface area contributed by atoms with Crippen molar-refractivity contribution in [1.82, 2.24) is 5.12 Å². The van der Waals surface area contributed by atoms with Gasteiger partial charge >= 0.3 is 13.3 Å². The molecule has 0 bridgehead atoms. The van der Waals surface area contributed by atoms with Crippen molar-refractivity contribution in [2.45, 2.75) is 45.1 Å². The smallest absolute Gasteiger partial charge is 0.399 e. The van der Waals surface area contributed by atoms with Crippen LogP contribution in [0.4, 0.5) is 24.5 Å². The highest BCUT2D eigenvalue weighted by Crippen LogP contribution is 2.37. The highest BCUT2D eigenvalue weighted by Gasteiger charge is 2.51. The van der Waals surface area contributed by atoms with Gasteiger partial charge in [-0.2, -0.15) is 13.2 Å². The second-order valence-corrected chi connectivity index (χ2v) is 8.66. The molecule has 1 fully saturated rings. The van der Waals surface area contributed by atoms with E-state index in [0.29, 0.717) is 16.7 Å². The van der Waals surface area contributed by atoms with Crippen LogP contribution in [-0.4, -0.2) is 36.3 Å². The number of hydrogen-bond acceptors (Lipinski definition) is 6. The van der Waals surface area contributed by atoms with Crippen molar-refractivity contribution in [2.24, 2.45) is 16.7 Å². The Morgan fingerprint density at radius 1 is 1.06 bits per heavy atom. The average molecular weight is 449 g/mol. The monoisotopic (exact) mass is 449 g/mol. The van der Waals surface area contributed by atoms with E-state index in [9.17, 15) is 13.2 Å². The Morgan fingerprint density at radius 2 is 1.69 bits per heavy atom. The zero-order valence-electron chi connectivity index (χ0n) is 18.6. The predicted octanol–water partition coefficient (Wildman–Crippen LogP) is 3.17. The maximum absolute atomic E-state index is 13.1. The SMILES string of the molecule is CN(N)/N=C(\N)c1cc(B2OC(C)(C)C(C)(C)O2)ccc1Nc1cccc(C(F)(F)F)c1. The number of benzene rings is 2. The first-order valence-electron chi connectivity index (χ1n) is 9.96. The Kier molecular flexibility index (Phi) is 6.20. The molecular weight excluding hydrogens is 422 g/mol. The summed E-state index contributed by atoms with van der Waals surface area (Å²) in [6.45, 7) is 7.76. The summed E-state index contributed by atoms with van der Waals surface area (Å²) < 4.78 is 51.5. The number of hydrogen-bond donors (Lipinski definition) is 3. The van der Waals surface area contributed by atoms with Crippen LogP contribution in [0.25, 0.3) is 0 Å². The van der Waals surface area contributed by atoms with Crippen LogP contribution in [0.3, 0.4) is 0 Å². The molecule has 1 heterocycles. The fraction of sp³-hybridized carbons (Fsp3) is 0.381. The van der Waals surface area contributed by atoms with Crippen LogP contribution in [0.1, 0.15) is 38.8 Å². The van der Waals surface area contributed by atoms with Crippen molar-refractivity contribution in [1.29, 1.82) is 0 Å². The zero-order valence-corrected chi connectivity index (χ0v) is 18.6. The molecule has 2 aromatic rings. The summed E-state index contributed by atoms with van der Waals surface area (Å²) in [4.78, 5) is 0. The minimum absolute atomic E-state index is 0.0721. The molecule has 32 heavy (non-hydrogen) atoms. The fourth-order valence-corrected chi connectivity index (χ4v) is 3.16. The lowest BCUT2D eigenvalue weighted by atomic mass is 9.78. The van der Waals surface area contributed by atoms with Gasteiger partial charge in [-0.3, -0.25) is 0 Å². The summed E-state index contributed by atoms with van der Waals surface area (Å²) in [7, 11) is 0.856. The number of nitrogens with one attached hydrogen (secondary N) is 1. The van der Waals surface area contributed by atoms with Gasteiger partial charge < -0.3 is 20.4 Å². The van der Waals surface area contributed by atoms with Gasteiger partial charge in [0, 0.05) is 24.0 Å². The van der Waals surface area contributed by atoms with Crippen molar-refractivity contribution in [3.63, 3.8) is 0 Å². The number of amidine groups is 1. The molecule has 0 saturated carbocycles. The van der Waals surface area contributed by atoms with Gasteiger partial charge in [-0.15, -0.1) is 5.10 Å². The number of alkyl halides is 3. The van der Waals surface area contributed by atoms with Crippen LogP contribution >= 0.6 is 0 Å². The van der Waals surface area contributed by atoms with Crippen LogP contribution in [0.15, 0.2) is 47.6 Å². The molecule has 2 aromatic carbocycles. The van der Waals surface area contributed by atoms with E-state index in [-0.39, 0.29) is 11.5 Å². The van der Waals surface area contributed by atoms with Crippen LogP contribution in [0.2, 0.25) is 0 Å². The molecular formula is C21H27BF3N5O2. The molecule has 11 heteroatoms. The Labute approximate surface area is 185 Å². The van der Waals surface area contributed by atoms with Crippen molar-refractivity contribution in [3.8, 4) is 0 Å². The molecule has 0 radical (unpaired) electrons. The lowest BCUT2D eigenvalue weighted by Gasteiger charge is -2.32. The number of hydrazine groups is 1. The van der Waals surface area contributed by atoms with Gasteiger partial charge in [-0.1, -0.05) is 12.1 Å². The molecule has 172 valence electrons. The van der Waals surface area contributed by atoms with Crippen LogP contribution in [0.5, 0.6) is 0 Å².